The summed E-state index contributed by atoms with van der Waals surface area (Å²) in [7, 11) is 0. The van der Waals surface area contributed by atoms with Crippen LogP contribution in [0.5, 0.6) is 5.75 Å². The lowest BCUT2D eigenvalue weighted by molar-refractivity contribution is 0.222. The second kappa shape index (κ2) is 7.60. The van der Waals surface area contributed by atoms with Gasteiger partial charge in [0, 0.05) is 36.1 Å². The third-order valence-electron chi connectivity index (χ3n) is 5.94. The second-order valence-corrected chi connectivity index (χ2v) is 7.79. The van der Waals surface area contributed by atoms with E-state index in [0.29, 0.717) is 11.5 Å². The predicted molar refractivity (Wildman–Crippen MR) is 126 cm³/mol. The monoisotopic (exact) mass is 411 g/mol. The standard InChI is InChI=1S/C26H25N3O2/c1-3-29(4-2)19-10-12-22-24(14-19)31-25-15-23(30)21-13-17(7-11-20(21)26(25)28-22)16-5-8-18(27)9-6-16/h5-15,23,30H,3-4,27H2,1-2H3. The molecule has 3 N–H and O–H groups in total. The Morgan fingerprint density at radius 3 is 2.45 bits per heavy atom. The number of aliphatic hydroxyl groups is 1. The van der Waals surface area contributed by atoms with E-state index in [4.69, 9.17) is 15.5 Å². The fraction of sp³-hybridized carbons (Fsp3) is 0.192. The summed E-state index contributed by atoms with van der Waals surface area (Å²) in [6.07, 6.45) is 0.978. The summed E-state index contributed by atoms with van der Waals surface area (Å²) in [5.41, 5.74) is 13.0. The minimum atomic E-state index is -0.759. The van der Waals surface area contributed by atoms with E-state index in [9.17, 15) is 5.11 Å². The Morgan fingerprint density at radius 1 is 0.968 bits per heavy atom. The molecule has 1 atom stereocenters. The molecule has 31 heavy (non-hydrogen) atoms. The van der Waals surface area contributed by atoms with Crippen LogP contribution < -0.4 is 15.4 Å². The van der Waals surface area contributed by atoms with Crippen molar-refractivity contribution in [1.29, 1.82) is 0 Å². The number of aliphatic hydroxyl groups excluding tert-OH is 1. The molecule has 5 heteroatoms. The number of nitrogens with zero attached hydrogens (tertiary/aromatic N) is 2. The molecule has 0 aromatic heterocycles. The van der Waals surface area contributed by atoms with Gasteiger partial charge in [0.25, 0.3) is 0 Å². The van der Waals surface area contributed by atoms with Gasteiger partial charge in [0.05, 0.1) is 0 Å². The van der Waals surface area contributed by atoms with Crippen LogP contribution in [-0.2, 0) is 0 Å². The highest BCUT2D eigenvalue weighted by atomic mass is 16.5. The van der Waals surface area contributed by atoms with Crippen molar-refractivity contribution in [2.45, 2.75) is 20.0 Å². The maximum absolute atomic E-state index is 10.8. The van der Waals surface area contributed by atoms with Crippen LogP contribution in [0.4, 0.5) is 17.1 Å². The van der Waals surface area contributed by atoms with E-state index in [1.165, 1.54) is 0 Å². The number of rotatable bonds is 4. The zero-order valence-electron chi connectivity index (χ0n) is 17.7. The van der Waals surface area contributed by atoms with Gasteiger partial charge in [-0.1, -0.05) is 24.3 Å². The van der Waals surface area contributed by atoms with Crippen molar-refractivity contribution in [3.8, 4) is 16.9 Å². The van der Waals surface area contributed by atoms with Crippen molar-refractivity contribution < 1.29 is 9.84 Å². The molecule has 3 aromatic carbocycles. The molecule has 0 saturated heterocycles. The molecule has 2 aliphatic rings. The average molecular weight is 412 g/mol. The Labute approximate surface area is 182 Å². The van der Waals surface area contributed by atoms with Gasteiger partial charge in [-0.05, 0) is 66.9 Å². The lowest BCUT2D eigenvalue weighted by atomic mass is 9.88. The quantitative estimate of drug-likeness (QED) is 0.577. The second-order valence-electron chi connectivity index (χ2n) is 7.79. The van der Waals surface area contributed by atoms with E-state index in [1.54, 1.807) is 6.08 Å². The molecule has 1 heterocycles. The summed E-state index contributed by atoms with van der Waals surface area (Å²) in [4.78, 5) is 7.15. The summed E-state index contributed by atoms with van der Waals surface area (Å²) < 4.78 is 6.20. The molecular weight excluding hydrogens is 386 g/mol. The lowest BCUT2D eigenvalue weighted by Crippen LogP contribution is -2.23. The Bertz CT molecular complexity index is 1210. The van der Waals surface area contributed by atoms with Crippen LogP contribution in [0.3, 0.4) is 0 Å². The molecule has 0 amide bonds. The molecule has 0 fully saturated rings. The van der Waals surface area contributed by atoms with Crippen molar-refractivity contribution in [1.82, 2.24) is 0 Å². The highest BCUT2D eigenvalue weighted by molar-refractivity contribution is 6.16. The van der Waals surface area contributed by atoms with Gasteiger partial charge in [0.15, 0.2) is 11.5 Å². The zero-order valence-corrected chi connectivity index (χ0v) is 17.7. The normalized spacial score (nSPS) is 16.3. The molecule has 1 aliphatic carbocycles. The molecule has 156 valence electrons. The van der Waals surface area contributed by atoms with Gasteiger partial charge in [-0.3, -0.25) is 0 Å². The first kappa shape index (κ1) is 19.4. The molecule has 0 saturated carbocycles. The molecule has 0 radical (unpaired) electrons. The van der Waals surface area contributed by atoms with Gasteiger partial charge >= 0.3 is 0 Å². The number of anilines is 2. The third kappa shape index (κ3) is 3.37. The Hall–Kier alpha value is -3.57. The summed E-state index contributed by atoms with van der Waals surface area (Å²) in [5, 5.41) is 10.8. The number of ether oxygens (including phenoxy) is 1. The van der Waals surface area contributed by atoms with E-state index < -0.39 is 6.10 Å². The third-order valence-corrected chi connectivity index (χ3v) is 5.94. The van der Waals surface area contributed by atoms with E-state index in [2.05, 4.69) is 24.8 Å². The fourth-order valence-electron chi connectivity index (χ4n) is 4.22. The van der Waals surface area contributed by atoms with Crippen molar-refractivity contribution in [3.63, 3.8) is 0 Å². The number of nitrogens with two attached hydrogens (primary N) is 1. The maximum atomic E-state index is 10.8. The summed E-state index contributed by atoms with van der Waals surface area (Å²) in [6.45, 7) is 6.12. The van der Waals surface area contributed by atoms with Crippen LogP contribution in [0, 0.1) is 0 Å². The summed E-state index contributed by atoms with van der Waals surface area (Å²) in [5.74, 6) is 1.32. The van der Waals surface area contributed by atoms with Crippen molar-refractivity contribution in [2.24, 2.45) is 4.99 Å². The molecule has 5 nitrogen and oxygen atoms in total. The van der Waals surface area contributed by atoms with Crippen molar-refractivity contribution in [3.05, 3.63) is 83.6 Å². The van der Waals surface area contributed by atoms with Crippen LogP contribution in [0.25, 0.3) is 11.1 Å². The first-order chi connectivity index (χ1) is 15.1. The van der Waals surface area contributed by atoms with Gasteiger partial charge in [-0.15, -0.1) is 0 Å². The van der Waals surface area contributed by atoms with Gasteiger partial charge < -0.3 is 20.5 Å². The zero-order chi connectivity index (χ0) is 21.5. The predicted octanol–water partition coefficient (Wildman–Crippen LogP) is 5.23. The Kier molecular flexibility index (Phi) is 4.75. The van der Waals surface area contributed by atoms with Crippen LogP contribution in [0.2, 0.25) is 0 Å². The fourth-order valence-corrected chi connectivity index (χ4v) is 4.22. The number of aliphatic imine (C=N–C) groups is 1. The molecule has 3 aromatic rings. The minimum Gasteiger partial charge on any atom is -0.453 e. The molecular formula is C26H25N3O2. The number of fused-ring (bicyclic) bond motifs is 4. The first-order valence-corrected chi connectivity index (χ1v) is 10.6. The molecule has 5 rings (SSSR count). The highest BCUT2D eigenvalue weighted by Crippen LogP contribution is 2.42. The molecule has 0 bridgehead atoms. The minimum absolute atomic E-state index is 0.601. The Balaban J connectivity index is 1.56. The van der Waals surface area contributed by atoms with E-state index >= 15 is 0 Å². The van der Waals surface area contributed by atoms with Gasteiger partial charge in [0.1, 0.15) is 17.5 Å². The largest absolute Gasteiger partial charge is 0.453 e. The van der Waals surface area contributed by atoms with Crippen LogP contribution >= 0.6 is 0 Å². The van der Waals surface area contributed by atoms with Crippen LogP contribution in [0.15, 0.2) is 77.5 Å². The smallest absolute Gasteiger partial charge is 0.155 e. The number of hydrogen-bond donors (Lipinski definition) is 2. The van der Waals surface area contributed by atoms with Crippen molar-refractivity contribution in [2.75, 3.05) is 23.7 Å². The number of nitrogen functional groups attached to an aromatic ring is 1. The molecule has 0 spiro atoms. The van der Waals surface area contributed by atoms with E-state index in [0.717, 1.165) is 58.1 Å². The lowest BCUT2D eigenvalue weighted by Gasteiger charge is -2.28. The van der Waals surface area contributed by atoms with E-state index in [1.807, 2.05) is 54.6 Å². The van der Waals surface area contributed by atoms with Gasteiger partial charge in [-0.2, -0.15) is 0 Å². The van der Waals surface area contributed by atoms with E-state index in [-0.39, 0.29) is 0 Å². The number of benzene rings is 3. The maximum Gasteiger partial charge on any atom is 0.155 e. The number of hydrogen-bond acceptors (Lipinski definition) is 5. The average Bonchev–Trinajstić information content (AvgIpc) is 2.79. The van der Waals surface area contributed by atoms with Gasteiger partial charge in [0.2, 0.25) is 0 Å². The molecule has 1 aliphatic heterocycles. The van der Waals surface area contributed by atoms with Crippen LogP contribution in [0.1, 0.15) is 31.1 Å². The highest BCUT2D eigenvalue weighted by Gasteiger charge is 2.30. The Morgan fingerprint density at radius 2 is 1.71 bits per heavy atom. The SMILES string of the molecule is CCN(CC)c1ccc2c(c1)OC1=CC(O)c3cc(-c4ccc(N)cc4)ccc3C1=N2. The summed E-state index contributed by atoms with van der Waals surface area (Å²) >= 11 is 0. The van der Waals surface area contributed by atoms with Crippen LogP contribution in [-0.4, -0.2) is 23.9 Å². The summed E-state index contributed by atoms with van der Waals surface area (Å²) in [6, 6.07) is 19.9. The first-order valence-electron chi connectivity index (χ1n) is 10.6. The topological polar surface area (TPSA) is 71.1 Å². The van der Waals surface area contributed by atoms with Crippen molar-refractivity contribution >= 4 is 22.8 Å². The molecule has 1 unspecified atom stereocenters. The van der Waals surface area contributed by atoms with Gasteiger partial charge in [-0.25, -0.2) is 4.99 Å². The number of allylic oxidation sites excluding steroid dienone is 1.